The van der Waals surface area contributed by atoms with Crippen LogP contribution in [0.3, 0.4) is 0 Å². The van der Waals surface area contributed by atoms with Gasteiger partial charge in [0.05, 0.1) is 30.4 Å². The monoisotopic (exact) mass is 459 g/mol. The molecule has 0 bridgehead atoms. The maximum absolute atomic E-state index is 12.3. The van der Waals surface area contributed by atoms with E-state index in [1.807, 2.05) is 6.26 Å². The molecule has 0 spiro atoms. The Morgan fingerprint density at radius 1 is 1.31 bits per heavy atom. The lowest BCUT2D eigenvalue weighted by atomic mass is 9.89. The van der Waals surface area contributed by atoms with Crippen LogP contribution in [0.4, 0.5) is 5.82 Å². The van der Waals surface area contributed by atoms with Crippen molar-refractivity contribution in [2.45, 2.75) is 56.4 Å². The van der Waals surface area contributed by atoms with E-state index in [-0.39, 0.29) is 17.6 Å². The number of hydrogen-bond acceptors (Lipinski definition) is 8. The van der Waals surface area contributed by atoms with Crippen LogP contribution in [0.1, 0.15) is 43.4 Å². The number of fused-ring (bicyclic) bond motifs is 1. The third kappa shape index (κ3) is 5.20. The SMILES string of the molecule is CSc1nc(N2CCN(CC(=O)NC[C@@H]3CCCO3)CC2)c2c(c1C#N)CC(C)(C)OC2. The van der Waals surface area contributed by atoms with Gasteiger partial charge in [-0.15, -0.1) is 11.8 Å². The van der Waals surface area contributed by atoms with Crippen molar-refractivity contribution in [3.63, 3.8) is 0 Å². The Hall–Kier alpha value is -1.86. The van der Waals surface area contributed by atoms with Crippen LogP contribution in [0, 0.1) is 11.3 Å². The minimum atomic E-state index is -0.289. The van der Waals surface area contributed by atoms with E-state index < -0.39 is 0 Å². The summed E-state index contributed by atoms with van der Waals surface area (Å²) in [4.78, 5) is 21.7. The highest BCUT2D eigenvalue weighted by molar-refractivity contribution is 7.98. The first kappa shape index (κ1) is 23.3. The van der Waals surface area contributed by atoms with E-state index in [0.717, 1.165) is 67.6 Å². The number of thioether (sulfide) groups is 1. The predicted octanol–water partition coefficient (Wildman–Crippen LogP) is 1.94. The second kappa shape index (κ2) is 9.96. The molecular formula is C23H33N5O3S. The molecule has 2 saturated heterocycles. The van der Waals surface area contributed by atoms with Gasteiger partial charge in [-0.1, -0.05) is 0 Å². The molecule has 1 N–H and O–H groups in total. The molecule has 1 aromatic rings. The van der Waals surface area contributed by atoms with Crippen LogP contribution in [0.15, 0.2) is 5.03 Å². The lowest BCUT2D eigenvalue weighted by Gasteiger charge is -2.39. The minimum Gasteiger partial charge on any atom is -0.376 e. The van der Waals surface area contributed by atoms with Crippen molar-refractivity contribution in [1.82, 2.24) is 15.2 Å². The van der Waals surface area contributed by atoms with Crippen LogP contribution in [0.2, 0.25) is 0 Å². The van der Waals surface area contributed by atoms with Crippen molar-refractivity contribution in [3.05, 3.63) is 16.7 Å². The van der Waals surface area contributed by atoms with E-state index in [1.165, 1.54) is 11.8 Å². The first-order valence-electron chi connectivity index (χ1n) is 11.4. The van der Waals surface area contributed by atoms with Crippen molar-refractivity contribution in [1.29, 1.82) is 5.26 Å². The number of piperazine rings is 1. The quantitative estimate of drug-likeness (QED) is 0.646. The fourth-order valence-corrected chi connectivity index (χ4v) is 5.21. The molecule has 0 saturated carbocycles. The zero-order valence-electron chi connectivity index (χ0n) is 19.3. The number of aromatic nitrogens is 1. The fourth-order valence-electron chi connectivity index (χ4n) is 4.66. The summed E-state index contributed by atoms with van der Waals surface area (Å²) in [6.07, 6.45) is 4.95. The highest BCUT2D eigenvalue weighted by atomic mass is 32.2. The number of hydrogen-bond donors (Lipinski definition) is 1. The molecular weight excluding hydrogens is 426 g/mol. The average molecular weight is 460 g/mol. The normalized spacial score (nSPS) is 22.9. The molecule has 8 nitrogen and oxygen atoms in total. The summed E-state index contributed by atoms with van der Waals surface area (Å²) < 4.78 is 11.7. The molecule has 1 amide bonds. The van der Waals surface area contributed by atoms with E-state index in [1.54, 1.807) is 0 Å². The summed E-state index contributed by atoms with van der Waals surface area (Å²) in [5, 5.41) is 13.6. The Bertz CT molecular complexity index is 887. The average Bonchev–Trinajstić information content (AvgIpc) is 3.30. The molecule has 0 aromatic carbocycles. The largest absolute Gasteiger partial charge is 0.376 e. The zero-order valence-corrected chi connectivity index (χ0v) is 20.1. The van der Waals surface area contributed by atoms with Gasteiger partial charge in [-0.25, -0.2) is 4.98 Å². The molecule has 4 heterocycles. The molecule has 32 heavy (non-hydrogen) atoms. The standard InChI is InChI=1S/C23H33N5O3S/c1-23(2)11-17-18(12-24)22(32-3)26-21(19(17)15-31-23)28-8-6-27(7-9-28)14-20(29)25-13-16-5-4-10-30-16/h16H,4-11,13-15H2,1-3H3,(H,25,29)/t16-/m0/s1. The van der Waals surface area contributed by atoms with Crippen molar-refractivity contribution < 1.29 is 14.3 Å². The van der Waals surface area contributed by atoms with Gasteiger partial charge >= 0.3 is 0 Å². The molecule has 0 radical (unpaired) electrons. The summed E-state index contributed by atoms with van der Waals surface area (Å²) >= 11 is 1.52. The number of amides is 1. The summed E-state index contributed by atoms with van der Waals surface area (Å²) in [7, 11) is 0. The first-order chi connectivity index (χ1) is 15.4. The second-order valence-electron chi connectivity index (χ2n) is 9.32. The van der Waals surface area contributed by atoms with Gasteiger partial charge in [0.15, 0.2) is 0 Å². The molecule has 3 aliphatic heterocycles. The van der Waals surface area contributed by atoms with Crippen LogP contribution in [0.5, 0.6) is 0 Å². The van der Waals surface area contributed by atoms with Crippen molar-refractivity contribution in [3.8, 4) is 6.07 Å². The predicted molar refractivity (Wildman–Crippen MR) is 124 cm³/mol. The maximum Gasteiger partial charge on any atom is 0.234 e. The molecule has 1 atom stereocenters. The van der Waals surface area contributed by atoms with Crippen LogP contribution in [-0.2, 0) is 27.3 Å². The highest BCUT2D eigenvalue weighted by Crippen LogP contribution is 2.38. The number of ether oxygens (including phenoxy) is 2. The highest BCUT2D eigenvalue weighted by Gasteiger charge is 2.34. The second-order valence-corrected chi connectivity index (χ2v) is 10.1. The Kier molecular flexibility index (Phi) is 7.25. The van der Waals surface area contributed by atoms with Gasteiger partial charge in [0, 0.05) is 51.3 Å². The molecule has 2 fully saturated rings. The van der Waals surface area contributed by atoms with Gasteiger partial charge < -0.3 is 19.7 Å². The Morgan fingerprint density at radius 2 is 2.09 bits per heavy atom. The number of carbonyl (C=O) groups excluding carboxylic acids is 1. The Labute approximate surface area is 194 Å². The van der Waals surface area contributed by atoms with E-state index in [9.17, 15) is 10.1 Å². The van der Waals surface area contributed by atoms with Crippen LogP contribution >= 0.6 is 11.8 Å². The third-order valence-electron chi connectivity index (χ3n) is 6.46. The van der Waals surface area contributed by atoms with E-state index in [4.69, 9.17) is 14.5 Å². The van der Waals surface area contributed by atoms with Gasteiger partial charge in [0.1, 0.15) is 16.9 Å². The van der Waals surface area contributed by atoms with Crippen LogP contribution in [-0.4, -0.2) is 79.6 Å². The fraction of sp³-hybridized carbons (Fsp3) is 0.696. The van der Waals surface area contributed by atoms with Crippen LogP contribution in [0.25, 0.3) is 0 Å². The number of anilines is 1. The minimum absolute atomic E-state index is 0.0585. The van der Waals surface area contributed by atoms with E-state index in [0.29, 0.717) is 31.7 Å². The molecule has 1 aromatic heterocycles. The van der Waals surface area contributed by atoms with Gasteiger partial charge in [0.25, 0.3) is 0 Å². The Morgan fingerprint density at radius 3 is 2.75 bits per heavy atom. The maximum atomic E-state index is 12.3. The van der Waals surface area contributed by atoms with Crippen LogP contribution < -0.4 is 10.2 Å². The van der Waals surface area contributed by atoms with E-state index >= 15 is 0 Å². The lowest BCUT2D eigenvalue weighted by molar-refractivity contribution is -0.122. The van der Waals surface area contributed by atoms with Crippen molar-refractivity contribution in [2.75, 3.05) is 57.0 Å². The molecule has 174 valence electrons. The number of nitrogens with zero attached hydrogens (tertiary/aromatic N) is 4. The summed E-state index contributed by atoms with van der Waals surface area (Å²) in [5.41, 5.74) is 2.52. The van der Waals surface area contributed by atoms with Crippen molar-refractivity contribution in [2.24, 2.45) is 0 Å². The lowest BCUT2D eigenvalue weighted by Crippen LogP contribution is -2.50. The molecule has 0 aliphatic carbocycles. The van der Waals surface area contributed by atoms with Crippen molar-refractivity contribution >= 4 is 23.5 Å². The molecule has 9 heteroatoms. The number of nitrogens with one attached hydrogen (secondary N) is 1. The number of rotatable bonds is 6. The smallest absolute Gasteiger partial charge is 0.234 e. The summed E-state index contributed by atoms with van der Waals surface area (Å²) in [6.45, 7) is 9.60. The summed E-state index contributed by atoms with van der Waals surface area (Å²) in [5.74, 6) is 0.990. The number of nitriles is 1. The molecule has 4 rings (SSSR count). The first-order valence-corrected chi connectivity index (χ1v) is 12.6. The van der Waals surface area contributed by atoms with Gasteiger partial charge in [-0.05, 0) is 38.5 Å². The van der Waals surface area contributed by atoms with Gasteiger partial charge in [-0.2, -0.15) is 5.26 Å². The zero-order chi connectivity index (χ0) is 22.7. The third-order valence-corrected chi connectivity index (χ3v) is 7.14. The molecule has 0 unspecified atom stereocenters. The Balaban J connectivity index is 1.41. The van der Waals surface area contributed by atoms with Gasteiger partial charge in [0.2, 0.25) is 5.91 Å². The van der Waals surface area contributed by atoms with Gasteiger partial charge in [-0.3, -0.25) is 9.69 Å². The molecule has 3 aliphatic rings. The topological polar surface area (TPSA) is 90.7 Å². The van der Waals surface area contributed by atoms with E-state index in [2.05, 4.69) is 35.0 Å². The number of pyridine rings is 1. The number of carbonyl (C=O) groups is 1. The summed E-state index contributed by atoms with van der Waals surface area (Å²) in [6, 6.07) is 2.38.